The first-order chi connectivity index (χ1) is 7.68. The highest BCUT2D eigenvalue weighted by molar-refractivity contribution is 5.78. The summed E-state index contributed by atoms with van der Waals surface area (Å²) < 4.78 is 1.78. The maximum absolute atomic E-state index is 10.6. The minimum absolute atomic E-state index is 0.376. The van der Waals surface area contributed by atoms with Crippen LogP contribution in [0.3, 0.4) is 0 Å². The molecule has 3 N–H and O–H groups in total. The Morgan fingerprint density at radius 2 is 2.25 bits per heavy atom. The third kappa shape index (κ3) is 2.04. The molecule has 1 unspecified atom stereocenters. The molecule has 0 fully saturated rings. The lowest BCUT2D eigenvalue weighted by molar-refractivity contribution is -0.138. The monoisotopic (exact) mass is 219 g/mol. The van der Waals surface area contributed by atoms with Crippen LogP contribution in [0.1, 0.15) is 6.42 Å². The van der Waals surface area contributed by atoms with Gasteiger partial charge in [-0.2, -0.15) is 5.10 Å². The average molecular weight is 219 g/mol. The van der Waals surface area contributed by atoms with Crippen molar-refractivity contribution >= 4 is 16.9 Å². The molecule has 0 amide bonds. The van der Waals surface area contributed by atoms with Gasteiger partial charge in [-0.1, -0.05) is 18.2 Å². The number of aryl methyl sites for hydroxylation is 1. The molecule has 1 atom stereocenters. The smallest absolute Gasteiger partial charge is 0.320 e. The van der Waals surface area contributed by atoms with Crippen molar-refractivity contribution < 1.29 is 9.90 Å². The van der Waals surface area contributed by atoms with E-state index in [1.165, 1.54) is 0 Å². The van der Waals surface area contributed by atoms with Crippen molar-refractivity contribution in [2.75, 3.05) is 0 Å². The van der Waals surface area contributed by atoms with E-state index in [2.05, 4.69) is 5.10 Å². The first-order valence-corrected chi connectivity index (χ1v) is 5.07. The van der Waals surface area contributed by atoms with Gasteiger partial charge in [-0.05, 0) is 12.5 Å². The SMILES string of the molecule is NC(CCn1ncc2ccccc21)C(=O)O. The fraction of sp³-hybridized carbons (Fsp3) is 0.273. The number of benzene rings is 1. The van der Waals surface area contributed by atoms with E-state index >= 15 is 0 Å². The molecule has 5 nitrogen and oxygen atoms in total. The van der Waals surface area contributed by atoms with Crippen molar-refractivity contribution in [3.8, 4) is 0 Å². The maximum Gasteiger partial charge on any atom is 0.320 e. The number of aromatic nitrogens is 2. The number of nitrogens with zero attached hydrogens (tertiary/aromatic N) is 2. The molecule has 1 aromatic carbocycles. The van der Waals surface area contributed by atoms with Crippen LogP contribution in [0.4, 0.5) is 0 Å². The van der Waals surface area contributed by atoms with E-state index in [0.717, 1.165) is 10.9 Å². The number of carboxylic acid groups (broad SMARTS) is 1. The summed E-state index contributed by atoms with van der Waals surface area (Å²) in [4.78, 5) is 10.6. The molecular formula is C11H13N3O2. The zero-order chi connectivity index (χ0) is 11.5. The van der Waals surface area contributed by atoms with E-state index in [1.54, 1.807) is 10.9 Å². The lowest BCUT2D eigenvalue weighted by Crippen LogP contribution is -2.31. The quantitative estimate of drug-likeness (QED) is 0.798. The van der Waals surface area contributed by atoms with E-state index in [1.807, 2.05) is 24.3 Å². The van der Waals surface area contributed by atoms with Gasteiger partial charge in [0.1, 0.15) is 6.04 Å². The second-order valence-corrected chi connectivity index (χ2v) is 3.66. The number of fused-ring (bicyclic) bond motifs is 1. The minimum Gasteiger partial charge on any atom is -0.480 e. The Kier molecular flexibility index (Phi) is 2.87. The number of nitrogens with two attached hydrogens (primary N) is 1. The zero-order valence-corrected chi connectivity index (χ0v) is 8.71. The number of hydrogen-bond donors (Lipinski definition) is 2. The Morgan fingerprint density at radius 3 is 3.00 bits per heavy atom. The summed E-state index contributed by atoms with van der Waals surface area (Å²) in [5.74, 6) is -0.975. The Labute approximate surface area is 92.5 Å². The number of para-hydroxylation sites is 1. The summed E-state index contributed by atoms with van der Waals surface area (Å²) in [5.41, 5.74) is 6.44. The van der Waals surface area contributed by atoms with E-state index in [0.29, 0.717) is 13.0 Å². The van der Waals surface area contributed by atoms with Crippen LogP contribution < -0.4 is 5.73 Å². The summed E-state index contributed by atoms with van der Waals surface area (Å²) in [5, 5.41) is 13.9. The highest BCUT2D eigenvalue weighted by Gasteiger charge is 2.11. The minimum atomic E-state index is -0.975. The third-order valence-corrected chi connectivity index (χ3v) is 2.52. The topological polar surface area (TPSA) is 81.1 Å². The Balaban J connectivity index is 2.13. The van der Waals surface area contributed by atoms with Gasteiger partial charge in [0.25, 0.3) is 0 Å². The highest BCUT2D eigenvalue weighted by Crippen LogP contribution is 2.12. The van der Waals surface area contributed by atoms with Crippen LogP contribution in [-0.2, 0) is 11.3 Å². The van der Waals surface area contributed by atoms with Crippen LogP contribution in [0.2, 0.25) is 0 Å². The van der Waals surface area contributed by atoms with Crippen molar-refractivity contribution in [2.45, 2.75) is 19.0 Å². The fourth-order valence-corrected chi connectivity index (χ4v) is 1.59. The lowest BCUT2D eigenvalue weighted by atomic mass is 10.2. The molecule has 1 aromatic heterocycles. The Hall–Kier alpha value is -1.88. The number of aliphatic carboxylic acids is 1. The molecule has 2 aromatic rings. The second-order valence-electron chi connectivity index (χ2n) is 3.66. The van der Waals surface area contributed by atoms with Crippen LogP contribution in [0, 0.1) is 0 Å². The van der Waals surface area contributed by atoms with E-state index in [4.69, 9.17) is 10.8 Å². The average Bonchev–Trinajstić information content (AvgIpc) is 2.69. The Morgan fingerprint density at radius 1 is 1.50 bits per heavy atom. The predicted octanol–water partition coefficient (Wildman–Crippen LogP) is 0.838. The van der Waals surface area contributed by atoms with Crippen LogP contribution >= 0.6 is 0 Å². The Bertz CT molecular complexity index is 507. The van der Waals surface area contributed by atoms with Crippen LogP contribution in [-0.4, -0.2) is 26.9 Å². The highest BCUT2D eigenvalue weighted by atomic mass is 16.4. The van der Waals surface area contributed by atoms with Gasteiger partial charge in [-0.25, -0.2) is 0 Å². The molecule has 2 rings (SSSR count). The lowest BCUT2D eigenvalue weighted by Gasteiger charge is -2.07. The molecule has 0 radical (unpaired) electrons. The van der Waals surface area contributed by atoms with E-state index in [-0.39, 0.29) is 0 Å². The van der Waals surface area contributed by atoms with E-state index < -0.39 is 12.0 Å². The van der Waals surface area contributed by atoms with Gasteiger partial charge in [-0.15, -0.1) is 0 Å². The number of rotatable bonds is 4. The molecule has 16 heavy (non-hydrogen) atoms. The summed E-state index contributed by atoms with van der Waals surface area (Å²) in [6.45, 7) is 0.515. The van der Waals surface area contributed by atoms with Gasteiger partial charge in [0, 0.05) is 11.9 Å². The van der Waals surface area contributed by atoms with Gasteiger partial charge < -0.3 is 10.8 Å². The third-order valence-electron chi connectivity index (χ3n) is 2.52. The summed E-state index contributed by atoms with van der Waals surface area (Å²) in [7, 11) is 0. The molecule has 1 heterocycles. The summed E-state index contributed by atoms with van der Waals surface area (Å²) in [6.07, 6.45) is 2.14. The van der Waals surface area contributed by atoms with E-state index in [9.17, 15) is 4.79 Å². The van der Waals surface area contributed by atoms with Crippen molar-refractivity contribution in [2.24, 2.45) is 5.73 Å². The van der Waals surface area contributed by atoms with Crippen LogP contribution in [0.25, 0.3) is 10.9 Å². The molecule has 0 aliphatic heterocycles. The molecule has 0 saturated heterocycles. The molecule has 84 valence electrons. The zero-order valence-electron chi connectivity index (χ0n) is 8.71. The maximum atomic E-state index is 10.6. The van der Waals surface area contributed by atoms with Crippen molar-refractivity contribution in [3.63, 3.8) is 0 Å². The standard InChI is InChI=1S/C11H13N3O2/c12-9(11(15)16)5-6-14-10-4-2-1-3-8(10)7-13-14/h1-4,7,9H,5-6,12H2,(H,15,16). The molecule has 0 aliphatic rings. The molecule has 0 saturated carbocycles. The molecule has 0 bridgehead atoms. The largest absolute Gasteiger partial charge is 0.480 e. The summed E-state index contributed by atoms with van der Waals surface area (Å²) in [6, 6.07) is 6.96. The normalized spacial score (nSPS) is 12.8. The molecule has 5 heteroatoms. The predicted molar refractivity (Wildman–Crippen MR) is 60.0 cm³/mol. The van der Waals surface area contributed by atoms with Gasteiger partial charge in [0.05, 0.1) is 11.7 Å². The number of hydrogen-bond acceptors (Lipinski definition) is 3. The number of carbonyl (C=O) groups is 1. The van der Waals surface area contributed by atoms with Gasteiger partial charge >= 0.3 is 5.97 Å². The van der Waals surface area contributed by atoms with Gasteiger partial charge in [0.15, 0.2) is 0 Å². The molecule has 0 aliphatic carbocycles. The van der Waals surface area contributed by atoms with Gasteiger partial charge in [-0.3, -0.25) is 9.48 Å². The number of carboxylic acids is 1. The molecule has 0 spiro atoms. The van der Waals surface area contributed by atoms with Crippen molar-refractivity contribution in [1.29, 1.82) is 0 Å². The van der Waals surface area contributed by atoms with Crippen molar-refractivity contribution in [1.82, 2.24) is 9.78 Å². The van der Waals surface area contributed by atoms with Crippen LogP contribution in [0.5, 0.6) is 0 Å². The first-order valence-electron chi connectivity index (χ1n) is 5.07. The molecular weight excluding hydrogens is 206 g/mol. The van der Waals surface area contributed by atoms with Crippen molar-refractivity contribution in [3.05, 3.63) is 30.5 Å². The summed E-state index contributed by atoms with van der Waals surface area (Å²) >= 11 is 0. The van der Waals surface area contributed by atoms with Gasteiger partial charge in [0.2, 0.25) is 0 Å². The van der Waals surface area contributed by atoms with Crippen LogP contribution in [0.15, 0.2) is 30.5 Å². The first kappa shape index (κ1) is 10.6. The second kappa shape index (κ2) is 4.32. The fourth-order valence-electron chi connectivity index (χ4n) is 1.59.